The van der Waals surface area contributed by atoms with Crippen molar-refractivity contribution in [2.45, 2.75) is 6.54 Å². The van der Waals surface area contributed by atoms with Crippen LogP contribution in [0.15, 0.2) is 46.9 Å². The molecular formula is C19H16BrClN2O3. The fourth-order valence-electron chi connectivity index (χ4n) is 2.74. The number of halogens is 2. The minimum atomic E-state index is -0.435. The summed E-state index contributed by atoms with van der Waals surface area (Å²) in [6, 6.07) is 12.6. The lowest BCUT2D eigenvalue weighted by Crippen LogP contribution is -2.25. The molecule has 7 heteroatoms. The van der Waals surface area contributed by atoms with Gasteiger partial charge >= 0.3 is 5.97 Å². The molecule has 1 amide bonds. The molecule has 0 unspecified atom stereocenters. The summed E-state index contributed by atoms with van der Waals surface area (Å²) in [5.74, 6) is -0.641. The van der Waals surface area contributed by atoms with Gasteiger partial charge in [-0.25, -0.2) is 4.79 Å². The first-order valence-electron chi connectivity index (χ1n) is 7.80. The lowest BCUT2D eigenvalue weighted by atomic mass is 10.1. The summed E-state index contributed by atoms with van der Waals surface area (Å²) in [7, 11) is 3.15. The molecule has 3 aromatic rings. The molecule has 0 fully saturated rings. The maximum absolute atomic E-state index is 12.6. The van der Waals surface area contributed by atoms with E-state index in [9.17, 15) is 9.59 Å². The molecule has 1 heterocycles. The van der Waals surface area contributed by atoms with E-state index in [4.69, 9.17) is 16.3 Å². The Bertz CT molecular complexity index is 1010. The van der Waals surface area contributed by atoms with E-state index in [-0.39, 0.29) is 5.91 Å². The van der Waals surface area contributed by atoms with Gasteiger partial charge in [-0.15, -0.1) is 0 Å². The van der Waals surface area contributed by atoms with E-state index in [1.165, 1.54) is 7.11 Å². The Balaban J connectivity index is 1.79. The SMILES string of the molecule is COC(=O)c1cc(CNC(=O)c2cc3ccc(Cl)cc3n2C)ccc1Br. The Morgan fingerprint density at radius 3 is 2.69 bits per heavy atom. The molecule has 1 N–H and O–H groups in total. The van der Waals surface area contributed by atoms with Gasteiger partial charge in [-0.2, -0.15) is 0 Å². The van der Waals surface area contributed by atoms with Crippen LogP contribution >= 0.6 is 27.5 Å². The number of hydrogen-bond acceptors (Lipinski definition) is 3. The number of aryl methyl sites for hydroxylation is 1. The zero-order valence-corrected chi connectivity index (χ0v) is 16.5. The topological polar surface area (TPSA) is 60.3 Å². The Morgan fingerprint density at radius 2 is 1.96 bits per heavy atom. The standard InChI is InChI=1S/C19H16BrClN2O3/c1-23-16-9-13(21)5-4-12(16)8-17(23)18(24)22-10-11-3-6-15(20)14(7-11)19(25)26-2/h3-9H,10H2,1-2H3,(H,22,24). The van der Waals surface area contributed by atoms with Crippen molar-refractivity contribution < 1.29 is 14.3 Å². The zero-order valence-electron chi connectivity index (χ0n) is 14.2. The van der Waals surface area contributed by atoms with Crippen molar-refractivity contribution in [2.24, 2.45) is 7.05 Å². The van der Waals surface area contributed by atoms with Gasteiger partial charge in [0.1, 0.15) is 5.69 Å². The Kier molecular flexibility index (Phi) is 5.34. The van der Waals surface area contributed by atoms with Gasteiger partial charge in [0.05, 0.1) is 12.7 Å². The average molecular weight is 436 g/mol. The minimum Gasteiger partial charge on any atom is -0.465 e. The van der Waals surface area contributed by atoms with Crippen LogP contribution in [0.5, 0.6) is 0 Å². The number of benzene rings is 2. The highest BCUT2D eigenvalue weighted by Crippen LogP contribution is 2.23. The van der Waals surface area contributed by atoms with Crippen LogP contribution in [-0.4, -0.2) is 23.6 Å². The van der Waals surface area contributed by atoms with Crippen molar-refractivity contribution in [1.82, 2.24) is 9.88 Å². The zero-order chi connectivity index (χ0) is 18.8. The van der Waals surface area contributed by atoms with Gasteiger partial charge in [0.15, 0.2) is 0 Å². The second kappa shape index (κ2) is 7.51. The van der Waals surface area contributed by atoms with Crippen LogP contribution in [0.2, 0.25) is 5.02 Å². The predicted molar refractivity (Wildman–Crippen MR) is 105 cm³/mol. The van der Waals surface area contributed by atoms with Crippen LogP contribution in [0, 0.1) is 0 Å². The first-order valence-corrected chi connectivity index (χ1v) is 8.97. The molecule has 0 aliphatic carbocycles. The van der Waals surface area contributed by atoms with Gasteiger partial charge in [-0.3, -0.25) is 4.79 Å². The normalized spacial score (nSPS) is 10.8. The van der Waals surface area contributed by atoms with Gasteiger partial charge in [-0.05, 0) is 51.8 Å². The first kappa shape index (κ1) is 18.5. The van der Waals surface area contributed by atoms with Crippen LogP contribution < -0.4 is 5.32 Å². The van der Waals surface area contributed by atoms with Gasteiger partial charge in [0.2, 0.25) is 0 Å². The molecule has 0 spiro atoms. The summed E-state index contributed by atoms with van der Waals surface area (Å²) in [4.78, 5) is 24.3. The number of carbonyl (C=O) groups excluding carboxylic acids is 2. The fourth-order valence-corrected chi connectivity index (χ4v) is 3.32. The van der Waals surface area contributed by atoms with E-state index in [2.05, 4.69) is 21.2 Å². The second-order valence-corrected chi connectivity index (χ2v) is 7.07. The van der Waals surface area contributed by atoms with Crippen molar-refractivity contribution in [3.05, 3.63) is 68.8 Å². The van der Waals surface area contributed by atoms with Crippen LogP contribution in [0.4, 0.5) is 0 Å². The first-order chi connectivity index (χ1) is 12.4. The molecule has 0 atom stereocenters. The predicted octanol–water partition coefficient (Wildman–Crippen LogP) is 4.31. The third-order valence-electron chi connectivity index (χ3n) is 4.13. The van der Waals surface area contributed by atoms with Crippen molar-refractivity contribution in [3.63, 3.8) is 0 Å². The van der Waals surface area contributed by atoms with Crippen molar-refractivity contribution in [2.75, 3.05) is 7.11 Å². The summed E-state index contributed by atoms with van der Waals surface area (Å²) in [6.45, 7) is 0.290. The van der Waals surface area contributed by atoms with Gasteiger partial charge < -0.3 is 14.6 Å². The number of aromatic nitrogens is 1. The van der Waals surface area contributed by atoms with Gasteiger partial charge in [-0.1, -0.05) is 23.7 Å². The number of nitrogens with one attached hydrogen (secondary N) is 1. The van der Waals surface area contributed by atoms with Crippen molar-refractivity contribution in [1.29, 1.82) is 0 Å². The number of amides is 1. The quantitative estimate of drug-likeness (QED) is 0.621. The highest BCUT2D eigenvalue weighted by atomic mass is 79.9. The highest BCUT2D eigenvalue weighted by molar-refractivity contribution is 9.10. The molecule has 3 rings (SSSR count). The molecule has 5 nitrogen and oxygen atoms in total. The number of rotatable bonds is 4. The van der Waals surface area contributed by atoms with E-state index in [0.717, 1.165) is 16.5 Å². The summed E-state index contributed by atoms with van der Waals surface area (Å²) in [5, 5.41) is 4.44. The van der Waals surface area contributed by atoms with Crippen LogP contribution in [-0.2, 0) is 18.3 Å². The number of hydrogen-bond donors (Lipinski definition) is 1. The van der Waals surface area contributed by atoms with E-state index in [1.54, 1.807) is 22.8 Å². The van der Waals surface area contributed by atoms with Crippen LogP contribution in [0.3, 0.4) is 0 Å². The molecular weight excluding hydrogens is 420 g/mol. The number of methoxy groups -OCH3 is 1. The fraction of sp³-hybridized carbons (Fsp3) is 0.158. The van der Waals surface area contributed by atoms with Crippen molar-refractivity contribution >= 4 is 50.3 Å². The molecule has 0 bridgehead atoms. The number of esters is 1. The minimum absolute atomic E-state index is 0.206. The Labute approximate surface area is 164 Å². The molecule has 0 saturated carbocycles. The maximum Gasteiger partial charge on any atom is 0.339 e. The summed E-state index contributed by atoms with van der Waals surface area (Å²) < 4.78 is 7.20. The number of ether oxygens (including phenoxy) is 1. The number of carbonyl (C=O) groups is 2. The smallest absolute Gasteiger partial charge is 0.339 e. The molecule has 2 aromatic carbocycles. The molecule has 0 aliphatic heterocycles. The van der Waals surface area contributed by atoms with E-state index in [1.807, 2.05) is 31.3 Å². The largest absolute Gasteiger partial charge is 0.465 e. The van der Waals surface area contributed by atoms with Gasteiger partial charge in [0, 0.05) is 34.0 Å². The lowest BCUT2D eigenvalue weighted by Gasteiger charge is -2.09. The molecule has 134 valence electrons. The third-order valence-corrected chi connectivity index (χ3v) is 5.06. The maximum atomic E-state index is 12.6. The molecule has 0 aliphatic rings. The van der Waals surface area contributed by atoms with E-state index >= 15 is 0 Å². The van der Waals surface area contributed by atoms with Crippen LogP contribution in [0.25, 0.3) is 10.9 Å². The van der Waals surface area contributed by atoms with Gasteiger partial charge in [0.25, 0.3) is 5.91 Å². The number of fused-ring (bicyclic) bond motifs is 1. The molecule has 0 saturated heterocycles. The lowest BCUT2D eigenvalue weighted by molar-refractivity contribution is 0.0599. The van der Waals surface area contributed by atoms with E-state index in [0.29, 0.717) is 27.3 Å². The molecule has 0 radical (unpaired) electrons. The number of nitrogens with zero attached hydrogens (tertiary/aromatic N) is 1. The van der Waals surface area contributed by atoms with Crippen molar-refractivity contribution in [3.8, 4) is 0 Å². The third kappa shape index (κ3) is 3.61. The van der Waals surface area contributed by atoms with E-state index < -0.39 is 5.97 Å². The summed E-state index contributed by atoms with van der Waals surface area (Å²) >= 11 is 9.35. The summed E-state index contributed by atoms with van der Waals surface area (Å²) in [5.41, 5.74) is 2.63. The monoisotopic (exact) mass is 434 g/mol. The molecule has 1 aromatic heterocycles. The Morgan fingerprint density at radius 1 is 1.19 bits per heavy atom. The molecule has 26 heavy (non-hydrogen) atoms. The van der Waals surface area contributed by atoms with Crippen LogP contribution in [0.1, 0.15) is 26.4 Å². The Hall–Kier alpha value is -2.31. The average Bonchev–Trinajstić information content (AvgIpc) is 2.96. The summed E-state index contributed by atoms with van der Waals surface area (Å²) in [6.07, 6.45) is 0. The highest BCUT2D eigenvalue weighted by Gasteiger charge is 2.15. The second-order valence-electron chi connectivity index (χ2n) is 5.78.